The van der Waals surface area contributed by atoms with Gasteiger partial charge in [0, 0.05) is 24.4 Å². The number of carboxylic acid groups (broad SMARTS) is 1. The van der Waals surface area contributed by atoms with Gasteiger partial charge in [-0.2, -0.15) is 0 Å². The zero-order chi connectivity index (χ0) is 12.0. The fourth-order valence-electron chi connectivity index (χ4n) is 1.48. The molecular weight excluding hydrogens is 224 g/mol. The molecule has 1 rings (SSSR count). The molecule has 16 heavy (non-hydrogen) atoms. The summed E-state index contributed by atoms with van der Waals surface area (Å²) in [5.41, 5.74) is 0.154. The van der Waals surface area contributed by atoms with Crippen LogP contribution in [0.2, 0.25) is 0 Å². The van der Waals surface area contributed by atoms with Crippen LogP contribution in [-0.4, -0.2) is 28.6 Å². The highest BCUT2D eigenvalue weighted by Gasteiger charge is 2.08. The summed E-state index contributed by atoms with van der Waals surface area (Å²) in [6, 6.07) is 0.518. The lowest BCUT2D eigenvalue weighted by Gasteiger charge is -2.11. The van der Waals surface area contributed by atoms with Gasteiger partial charge < -0.3 is 10.4 Å². The highest BCUT2D eigenvalue weighted by atomic mass is 32.1. The summed E-state index contributed by atoms with van der Waals surface area (Å²) < 4.78 is 0. The molecule has 90 valence electrons. The average Bonchev–Trinajstić information content (AvgIpc) is 2.67. The first kappa shape index (κ1) is 13.1. The van der Waals surface area contributed by atoms with Crippen LogP contribution in [0.5, 0.6) is 0 Å². The molecule has 0 radical (unpaired) electrons. The summed E-state index contributed by atoms with van der Waals surface area (Å²) >= 11 is 1.41. The first-order chi connectivity index (χ1) is 7.63. The van der Waals surface area contributed by atoms with E-state index in [4.69, 9.17) is 5.11 Å². The minimum atomic E-state index is -0.949. The van der Waals surface area contributed by atoms with Crippen molar-refractivity contribution in [3.63, 3.8) is 0 Å². The Morgan fingerprint density at radius 1 is 1.69 bits per heavy atom. The maximum Gasteiger partial charge on any atom is 0.355 e. The number of thiazole rings is 1. The highest BCUT2D eigenvalue weighted by Crippen LogP contribution is 2.10. The van der Waals surface area contributed by atoms with Crippen molar-refractivity contribution in [2.75, 3.05) is 6.54 Å². The number of nitrogens with one attached hydrogen (secondary N) is 1. The molecule has 1 atom stereocenters. The first-order valence-electron chi connectivity index (χ1n) is 5.54. The average molecular weight is 242 g/mol. The van der Waals surface area contributed by atoms with Gasteiger partial charge in [0.1, 0.15) is 0 Å². The second kappa shape index (κ2) is 6.60. The molecule has 1 unspecified atom stereocenters. The van der Waals surface area contributed by atoms with E-state index >= 15 is 0 Å². The van der Waals surface area contributed by atoms with Gasteiger partial charge in [-0.3, -0.25) is 0 Å². The maximum atomic E-state index is 10.6. The zero-order valence-corrected chi connectivity index (χ0v) is 10.5. The van der Waals surface area contributed by atoms with Crippen molar-refractivity contribution >= 4 is 17.3 Å². The van der Waals surface area contributed by atoms with Crippen LogP contribution >= 0.6 is 11.3 Å². The molecule has 1 aromatic rings. The van der Waals surface area contributed by atoms with Gasteiger partial charge in [-0.25, -0.2) is 9.78 Å². The molecule has 0 spiro atoms. The molecule has 0 amide bonds. The number of hydrogen-bond acceptors (Lipinski definition) is 4. The van der Waals surface area contributed by atoms with E-state index in [1.165, 1.54) is 17.8 Å². The molecule has 4 nitrogen and oxygen atoms in total. The summed E-state index contributed by atoms with van der Waals surface area (Å²) in [6.45, 7) is 5.18. The minimum Gasteiger partial charge on any atom is -0.476 e. The summed E-state index contributed by atoms with van der Waals surface area (Å²) in [7, 11) is 0. The van der Waals surface area contributed by atoms with Gasteiger partial charge in [0.2, 0.25) is 0 Å². The van der Waals surface area contributed by atoms with Gasteiger partial charge in [-0.05, 0) is 13.3 Å². The second-order valence-corrected chi connectivity index (χ2v) is 4.77. The normalized spacial score (nSPS) is 12.6. The molecule has 0 aromatic carbocycles. The van der Waals surface area contributed by atoms with Crippen LogP contribution in [0.15, 0.2) is 5.38 Å². The summed E-state index contributed by atoms with van der Waals surface area (Å²) in [6.07, 6.45) is 3.14. The smallest absolute Gasteiger partial charge is 0.355 e. The molecule has 0 fully saturated rings. The molecule has 0 bridgehead atoms. The summed E-state index contributed by atoms with van der Waals surface area (Å²) in [4.78, 5) is 14.6. The minimum absolute atomic E-state index is 0.154. The Kier molecular flexibility index (Phi) is 5.42. The summed E-state index contributed by atoms with van der Waals surface area (Å²) in [5, 5.41) is 14.6. The second-order valence-electron chi connectivity index (χ2n) is 3.83. The fourth-order valence-corrected chi connectivity index (χ4v) is 2.26. The maximum absolute atomic E-state index is 10.6. The Labute approximate surface area is 99.7 Å². The predicted octanol–water partition coefficient (Wildman–Crippen LogP) is 2.16. The number of carboxylic acids is 1. The van der Waals surface area contributed by atoms with Crippen molar-refractivity contribution in [3.8, 4) is 0 Å². The number of aromatic nitrogens is 1. The number of aromatic carboxylic acids is 1. The van der Waals surface area contributed by atoms with E-state index in [9.17, 15) is 4.79 Å². The largest absolute Gasteiger partial charge is 0.476 e. The molecule has 0 saturated carbocycles. The molecule has 1 heterocycles. The van der Waals surface area contributed by atoms with Crippen LogP contribution in [-0.2, 0) is 6.42 Å². The third-order valence-corrected chi connectivity index (χ3v) is 3.23. The van der Waals surface area contributed by atoms with Crippen molar-refractivity contribution < 1.29 is 9.90 Å². The third-order valence-electron chi connectivity index (χ3n) is 2.32. The van der Waals surface area contributed by atoms with Crippen LogP contribution in [0, 0.1) is 0 Å². The van der Waals surface area contributed by atoms with Crippen molar-refractivity contribution in [2.24, 2.45) is 0 Å². The lowest BCUT2D eigenvalue weighted by molar-refractivity contribution is 0.0691. The Bertz CT molecular complexity index is 338. The lowest BCUT2D eigenvalue weighted by atomic mass is 10.2. The molecule has 2 N–H and O–H groups in total. The molecule has 0 saturated heterocycles. The van der Waals surface area contributed by atoms with Gasteiger partial charge in [-0.1, -0.05) is 13.3 Å². The summed E-state index contributed by atoms with van der Waals surface area (Å²) in [5.74, 6) is -0.949. The Hall–Kier alpha value is -0.940. The van der Waals surface area contributed by atoms with E-state index in [0.29, 0.717) is 6.04 Å². The number of carbonyl (C=O) groups is 1. The number of rotatable bonds is 7. The Morgan fingerprint density at radius 2 is 2.44 bits per heavy atom. The zero-order valence-electron chi connectivity index (χ0n) is 9.69. The third kappa shape index (κ3) is 4.28. The molecule has 1 aromatic heterocycles. The van der Waals surface area contributed by atoms with E-state index < -0.39 is 5.97 Å². The van der Waals surface area contributed by atoms with E-state index in [1.807, 2.05) is 0 Å². The van der Waals surface area contributed by atoms with Gasteiger partial charge >= 0.3 is 5.97 Å². The van der Waals surface area contributed by atoms with Gasteiger partial charge in [0.05, 0.1) is 5.01 Å². The van der Waals surface area contributed by atoms with Gasteiger partial charge in [0.15, 0.2) is 5.69 Å². The fraction of sp³-hybridized carbons (Fsp3) is 0.636. The van der Waals surface area contributed by atoms with Crippen molar-refractivity contribution in [2.45, 2.75) is 39.2 Å². The molecule has 5 heteroatoms. The van der Waals surface area contributed by atoms with Gasteiger partial charge in [-0.15, -0.1) is 11.3 Å². The van der Waals surface area contributed by atoms with Crippen LogP contribution < -0.4 is 5.32 Å². The van der Waals surface area contributed by atoms with Gasteiger partial charge in [0.25, 0.3) is 0 Å². The first-order valence-corrected chi connectivity index (χ1v) is 6.42. The quantitative estimate of drug-likeness (QED) is 0.769. The monoisotopic (exact) mass is 242 g/mol. The van der Waals surface area contributed by atoms with Crippen LogP contribution in [0.25, 0.3) is 0 Å². The van der Waals surface area contributed by atoms with E-state index in [0.717, 1.165) is 24.4 Å². The Morgan fingerprint density at radius 3 is 3.00 bits per heavy atom. The van der Waals surface area contributed by atoms with E-state index in [1.54, 1.807) is 5.38 Å². The van der Waals surface area contributed by atoms with E-state index in [2.05, 4.69) is 24.1 Å². The molecule has 0 aliphatic carbocycles. The van der Waals surface area contributed by atoms with Crippen molar-refractivity contribution in [1.29, 1.82) is 0 Å². The topological polar surface area (TPSA) is 62.2 Å². The number of nitrogens with zero attached hydrogens (tertiary/aromatic N) is 1. The van der Waals surface area contributed by atoms with Crippen molar-refractivity contribution in [3.05, 3.63) is 16.1 Å². The predicted molar refractivity (Wildman–Crippen MR) is 65.2 cm³/mol. The van der Waals surface area contributed by atoms with Crippen LogP contribution in [0.1, 0.15) is 42.2 Å². The lowest BCUT2D eigenvalue weighted by Crippen LogP contribution is -2.27. The number of hydrogen-bond donors (Lipinski definition) is 2. The Balaban J connectivity index is 2.29. The van der Waals surface area contributed by atoms with Crippen LogP contribution in [0.4, 0.5) is 0 Å². The molecular formula is C11H18N2O2S. The van der Waals surface area contributed by atoms with Crippen molar-refractivity contribution in [1.82, 2.24) is 10.3 Å². The highest BCUT2D eigenvalue weighted by molar-refractivity contribution is 7.09. The SMILES string of the molecule is CCCC(C)NCCc1nc(C(=O)O)cs1. The standard InChI is InChI=1S/C11H18N2O2S/c1-3-4-8(2)12-6-5-10-13-9(7-16-10)11(14)15/h7-8,12H,3-6H2,1-2H3,(H,14,15). The van der Waals surface area contributed by atoms with E-state index in [-0.39, 0.29) is 5.69 Å². The van der Waals surface area contributed by atoms with Crippen LogP contribution in [0.3, 0.4) is 0 Å². The molecule has 0 aliphatic rings. The molecule has 0 aliphatic heterocycles.